The molecule has 0 unspecified atom stereocenters. The van der Waals surface area contributed by atoms with E-state index in [2.05, 4.69) is 340 Å². The van der Waals surface area contributed by atoms with Crippen LogP contribution in [0.15, 0.2) is 373 Å². The van der Waals surface area contributed by atoms with Crippen LogP contribution < -0.4 is 0 Å². The van der Waals surface area contributed by atoms with Gasteiger partial charge in [0, 0.05) is 21.5 Å². The fourth-order valence-corrected chi connectivity index (χ4v) is 15.6. The van der Waals surface area contributed by atoms with Gasteiger partial charge in [0.25, 0.3) is 0 Å². The van der Waals surface area contributed by atoms with Crippen molar-refractivity contribution in [1.82, 2.24) is 0 Å². The van der Waals surface area contributed by atoms with Crippen molar-refractivity contribution in [3.63, 3.8) is 0 Å². The van der Waals surface area contributed by atoms with E-state index >= 15 is 0 Å². The van der Waals surface area contributed by atoms with Crippen LogP contribution in [0.4, 0.5) is 0 Å². The zero-order chi connectivity index (χ0) is 64.6. The molecule has 2 aromatic heterocycles. The van der Waals surface area contributed by atoms with Crippen LogP contribution in [-0.2, 0) is 0 Å². The third-order valence-electron chi connectivity index (χ3n) is 20.1. The molecule has 0 amide bonds. The maximum atomic E-state index is 6.37. The molecule has 0 aliphatic heterocycles. The summed E-state index contributed by atoms with van der Waals surface area (Å²) in [7, 11) is 0. The molecule has 0 fully saturated rings. The molecule has 0 saturated carbocycles. The maximum Gasteiger partial charge on any atom is 0.136 e. The van der Waals surface area contributed by atoms with Gasteiger partial charge in [0.05, 0.1) is 0 Å². The lowest BCUT2D eigenvalue weighted by Gasteiger charge is -2.20. The van der Waals surface area contributed by atoms with Crippen molar-refractivity contribution in [3.8, 4) is 89.0 Å². The highest BCUT2D eigenvalue weighted by atomic mass is 16.3. The highest BCUT2D eigenvalue weighted by molar-refractivity contribution is 6.25. The molecule has 0 aliphatic carbocycles. The molecule has 0 bridgehead atoms. The summed E-state index contributed by atoms with van der Waals surface area (Å²) in [6.45, 7) is 0. The van der Waals surface area contributed by atoms with Crippen molar-refractivity contribution < 1.29 is 8.83 Å². The summed E-state index contributed by atoms with van der Waals surface area (Å²) >= 11 is 0. The summed E-state index contributed by atoms with van der Waals surface area (Å²) in [5.41, 5.74) is 23.1. The molecule has 20 aromatic rings. The molecule has 18 aromatic carbocycles. The number of para-hydroxylation sites is 2. The fraction of sp³-hybridized carbons (Fsp3) is 0. The second-order valence-corrected chi connectivity index (χ2v) is 25.7. The van der Waals surface area contributed by atoms with E-state index in [0.29, 0.717) is 0 Å². The van der Waals surface area contributed by atoms with Gasteiger partial charge in [-0.25, -0.2) is 0 Å². The van der Waals surface area contributed by atoms with Crippen LogP contribution in [0.3, 0.4) is 0 Å². The SMILES string of the molecule is c1ccc(-c2ccc3c(-c4ccccc4)cc(-c4c5ccccc5c(-c5ccc6c(c5)oc5ccccc56)c5ccccc45)cc3c2)cc1.c1ccc(-c2ccc3cc(-c4c5ccccc5c(-c5ccc6c(c5)oc5ccccc56)c5ccccc45)c(-c4ccccc4)cc3c2)cc1. The third-order valence-corrected chi connectivity index (χ3v) is 20.1. The smallest absolute Gasteiger partial charge is 0.136 e. The first-order valence-electron chi connectivity index (χ1n) is 33.7. The average molecular weight is 1250 g/mol. The number of furan rings is 2. The van der Waals surface area contributed by atoms with Gasteiger partial charge < -0.3 is 8.83 Å². The quantitative estimate of drug-likeness (QED) is 0.142. The van der Waals surface area contributed by atoms with Crippen LogP contribution in [0.2, 0.25) is 0 Å². The lowest BCUT2D eigenvalue weighted by Crippen LogP contribution is -1.93. The van der Waals surface area contributed by atoms with Crippen molar-refractivity contribution in [2.75, 3.05) is 0 Å². The third kappa shape index (κ3) is 9.64. The highest BCUT2D eigenvalue weighted by Crippen LogP contribution is 2.50. The normalized spacial score (nSPS) is 11.7. The molecule has 0 atom stereocenters. The van der Waals surface area contributed by atoms with E-state index in [9.17, 15) is 0 Å². The van der Waals surface area contributed by atoms with Gasteiger partial charge in [-0.1, -0.05) is 291 Å². The molecule has 2 nitrogen and oxygen atoms in total. The first-order valence-corrected chi connectivity index (χ1v) is 33.7. The first kappa shape index (κ1) is 56.6. The van der Waals surface area contributed by atoms with Crippen LogP contribution >= 0.6 is 0 Å². The highest BCUT2D eigenvalue weighted by Gasteiger charge is 2.23. The van der Waals surface area contributed by atoms with E-state index in [1.807, 2.05) is 24.3 Å². The van der Waals surface area contributed by atoms with Crippen LogP contribution in [0.5, 0.6) is 0 Å². The summed E-state index contributed by atoms with van der Waals surface area (Å²) in [6.07, 6.45) is 0. The van der Waals surface area contributed by atoms with E-state index in [1.165, 1.54) is 143 Å². The molecule has 2 heteroatoms. The Kier molecular flexibility index (Phi) is 13.6. The van der Waals surface area contributed by atoms with E-state index in [0.717, 1.165) is 55.0 Å². The number of hydrogen-bond donors (Lipinski definition) is 0. The van der Waals surface area contributed by atoms with Crippen LogP contribution in [-0.4, -0.2) is 0 Å². The number of hydrogen-bond acceptors (Lipinski definition) is 2. The van der Waals surface area contributed by atoms with Crippen molar-refractivity contribution in [1.29, 1.82) is 0 Å². The summed E-state index contributed by atoms with van der Waals surface area (Å²) in [4.78, 5) is 0. The van der Waals surface area contributed by atoms with Gasteiger partial charge in [0.2, 0.25) is 0 Å². The van der Waals surface area contributed by atoms with Gasteiger partial charge in [0.1, 0.15) is 22.3 Å². The molecule has 0 spiro atoms. The van der Waals surface area contributed by atoms with E-state index < -0.39 is 0 Å². The lowest BCUT2D eigenvalue weighted by atomic mass is 9.83. The maximum absolute atomic E-state index is 6.37. The van der Waals surface area contributed by atoms with Crippen molar-refractivity contribution in [3.05, 3.63) is 364 Å². The molecular weight excluding hydrogens is 1190 g/mol. The second-order valence-electron chi connectivity index (χ2n) is 25.7. The molecule has 98 heavy (non-hydrogen) atoms. The summed E-state index contributed by atoms with van der Waals surface area (Å²) in [6, 6.07) is 132. The monoisotopic (exact) mass is 1240 g/mol. The minimum Gasteiger partial charge on any atom is -0.456 e. The van der Waals surface area contributed by atoms with Crippen LogP contribution in [0.1, 0.15) is 0 Å². The van der Waals surface area contributed by atoms with Gasteiger partial charge in [-0.05, 0) is 226 Å². The number of fused-ring (bicyclic) bond motifs is 12. The Labute approximate surface area is 566 Å². The second kappa shape index (κ2) is 23.5. The minimum atomic E-state index is 0.909. The molecule has 456 valence electrons. The Morgan fingerprint density at radius 2 is 0.449 bits per heavy atom. The summed E-state index contributed by atoms with van der Waals surface area (Å²) in [5, 5.41) is 19.4. The Morgan fingerprint density at radius 3 is 0.908 bits per heavy atom. The predicted molar refractivity (Wildman–Crippen MR) is 416 cm³/mol. The standard InChI is InChI=1S/2C48H30O/c1-3-13-31(14-4-1)33-23-25-37-35(27-33)28-36(29-44(37)32-15-5-2-6-16-32)48-42-20-9-7-18-40(42)47(41-19-8-10-21-43(41)48)34-24-26-39-38-17-11-12-22-45(38)49-46(39)30-34;1-3-13-31(14-4-1)33-23-24-34-28-44(43(29-36(34)27-33)32-15-5-2-6-16-32)48-41-20-9-7-18-39(41)47(40-19-8-10-21-42(40)48)35-25-26-38-37-17-11-12-22-45(37)49-46(38)30-35/h2*1-30H. The number of benzene rings is 18. The van der Waals surface area contributed by atoms with E-state index in [-0.39, 0.29) is 0 Å². The van der Waals surface area contributed by atoms with Gasteiger partial charge in [-0.15, -0.1) is 0 Å². The summed E-state index contributed by atoms with van der Waals surface area (Å²) in [5.74, 6) is 0. The van der Waals surface area contributed by atoms with E-state index in [1.54, 1.807) is 0 Å². The van der Waals surface area contributed by atoms with Gasteiger partial charge in [0.15, 0.2) is 0 Å². The van der Waals surface area contributed by atoms with Crippen molar-refractivity contribution in [2.45, 2.75) is 0 Å². The minimum absolute atomic E-state index is 0.909. The molecule has 0 aliphatic rings. The topological polar surface area (TPSA) is 26.3 Å². The Bertz CT molecular complexity index is 6400. The van der Waals surface area contributed by atoms with Gasteiger partial charge in [-0.2, -0.15) is 0 Å². The molecule has 0 N–H and O–H groups in total. The van der Waals surface area contributed by atoms with Crippen LogP contribution in [0, 0.1) is 0 Å². The molecule has 0 radical (unpaired) electrons. The van der Waals surface area contributed by atoms with E-state index in [4.69, 9.17) is 8.83 Å². The Balaban J connectivity index is 0.000000137. The number of rotatable bonds is 8. The molecule has 20 rings (SSSR count). The predicted octanol–water partition coefficient (Wildman–Crippen LogP) is 27.4. The molecule has 2 heterocycles. The Morgan fingerprint density at radius 1 is 0.133 bits per heavy atom. The fourth-order valence-electron chi connectivity index (χ4n) is 15.6. The summed E-state index contributed by atoms with van der Waals surface area (Å²) < 4.78 is 12.7. The van der Waals surface area contributed by atoms with Gasteiger partial charge in [-0.3, -0.25) is 0 Å². The Hall–Kier alpha value is -12.9. The average Bonchev–Trinajstić information content (AvgIpc) is 0.934. The zero-order valence-electron chi connectivity index (χ0n) is 53.5. The molecule has 0 saturated heterocycles. The molecular formula is C96H60O2. The van der Waals surface area contributed by atoms with Crippen LogP contribution in [0.25, 0.3) is 198 Å². The largest absolute Gasteiger partial charge is 0.456 e. The first-order chi connectivity index (χ1) is 48.6. The van der Waals surface area contributed by atoms with Crippen molar-refractivity contribution in [2.24, 2.45) is 0 Å². The zero-order valence-corrected chi connectivity index (χ0v) is 53.5. The van der Waals surface area contributed by atoms with Gasteiger partial charge >= 0.3 is 0 Å². The van der Waals surface area contributed by atoms with Crippen molar-refractivity contribution >= 4 is 109 Å². The lowest BCUT2D eigenvalue weighted by molar-refractivity contribution is 0.668.